The Morgan fingerprint density at radius 1 is 0.348 bits per heavy atom. The van der Waals surface area contributed by atoms with Gasteiger partial charge in [0.1, 0.15) is 0 Å². The van der Waals surface area contributed by atoms with Gasteiger partial charge in [-0.3, -0.25) is 0 Å². The van der Waals surface area contributed by atoms with E-state index < -0.39 is 0 Å². The number of para-hydroxylation sites is 4. The van der Waals surface area contributed by atoms with E-state index in [1.807, 2.05) is 0 Å². The van der Waals surface area contributed by atoms with Gasteiger partial charge in [-0.05, 0) is 81.9 Å². The third-order valence-corrected chi connectivity index (χ3v) is 10.0. The lowest BCUT2D eigenvalue weighted by molar-refractivity contribution is 0.632. The van der Waals surface area contributed by atoms with E-state index >= 15 is 0 Å². The number of nitrogens with zero attached hydrogens (tertiary/aromatic N) is 2. The van der Waals surface area contributed by atoms with E-state index in [0.29, 0.717) is 0 Å². The molecule has 0 saturated heterocycles. The summed E-state index contributed by atoms with van der Waals surface area (Å²) < 4.78 is 0. The highest BCUT2D eigenvalue weighted by Gasteiger charge is 2.37. The van der Waals surface area contributed by atoms with Gasteiger partial charge in [-0.15, -0.1) is 0 Å². The van der Waals surface area contributed by atoms with Crippen molar-refractivity contribution in [1.82, 2.24) is 0 Å². The summed E-state index contributed by atoms with van der Waals surface area (Å²) in [6.45, 7) is 9.31. The molecule has 0 radical (unpaired) electrons. The fourth-order valence-corrected chi connectivity index (χ4v) is 7.56. The second-order valence-electron chi connectivity index (χ2n) is 13.5. The lowest BCUT2D eigenvalue weighted by Gasteiger charge is -2.42. The molecular weight excluding hydrogens is 556 g/mol. The molecule has 2 aliphatic rings. The van der Waals surface area contributed by atoms with Gasteiger partial charge in [-0.1, -0.05) is 137 Å². The van der Waals surface area contributed by atoms with Gasteiger partial charge in [-0.25, -0.2) is 0 Å². The third kappa shape index (κ3) is 4.40. The molecule has 2 nitrogen and oxygen atoms in total. The summed E-state index contributed by atoms with van der Waals surface area (Å²) in [6, 6.07) is 53.0. The van der Waals surface area contributed by atoms with Crippen molar-refractivity contribution in [3.63, 3.8) is 0 Å². The Balaban J connectivity index is 1.07. The van der Waals surface area contributed by atoms with Gasteiger partial charge >= 0.3 is 0 Å². The van der Waals surface area contributed by atoms with Gasteiger partial charge < -0.3 is 9.80 Å². The summed E-state index contributed by atoms with van der Waals surface area (Å²) in [5.41, 5.74) is 15.0. The molecule has 8 rings (SSSR count). The molecule has 0 aromatic heterocycles. The van der Waals surface area contributed by atoms with E-state index in [-0.39, 0.29) is 10.8 Å². The zero-order chi connectivity index (χ0) is 31.5. The van der Waals surface area contributed by atoms with Crippen molar-refractivity contribution in [2.24, 2.45) is 0 Å². The fraction of sp³-hybridized carbons (Fsp3) is 0.136. The molecule has 2 heteroatoms. The first-order chi connectivity index (χ1) is 22.3. The predicted molar refractivity (Wildman–Crippen MR) is 195 cm³/mol. The van der Waals surface area contributed by atoms with Crippen molar-refractivity contribution in [1.29, 1.82) is 0 Å². The van der Waals surface area contributed by atoms with Gasteiger partial charge in [0.15, 0.2) is 0 Å². The molecule has 0 spiro atoms. The Morgan fingerprint density at radius 3 is 0.891 bits per heavy atom. The highest BCUT2D eigenvalue weighted by Crippen LogP contribution is 2.53. The van der Waals surface area contributed by atoms with E-state index in [1.165, 1.54) is 67.5 Å². The maximum absolute atomic E-state index is 2.40. The maximum Gasteiger partial charge on any atom is 0.0502 e. The number of hydrogen-bond acceptors (Lipinski definition) is 2. The molecule has 2 heterocycles. The number of hydrogen-bond donors (Lipinski definition) is 0. The van der Waals surface area contributed by atoms with E-state index in [0.717, 1.165) is 0 Å². The van der Waals surface area contributed by atoms with Gasteiger partial charge in [0, 0.05) is 22.2 Å². The Bertz CT molecular complexity index is 1850. The summed E-state index contributed by atoms with van der Waals surface area (Å²) in [5.74, 6) is 0. The highest BCUT2D eigenvalue weighted by molar-refractivity contribution is 5.88. The van der Waals surface area contributed by atoms with Gasteiger partial charge in [-0.2, -0.15) is 0 Å². The minimum atomic E-state index is -0.0563. The molecule has 0 atom stereocenters. The largest absolute Gasteiger partial charge is 0.310 e. The number of rotatable bonds is 4. The minimum Gasteiger partial charge on any atom is -0.310 e. The minimum absolute atomic E-state index is 0.0563. The molecule has 6 aromatic carbocycles. The Labute approximate surface area is 272 Å². The van der Waals surface area contributed by atoms with Gasteiger partial charge in [0.2, 0.25) is 0 Å². The molecule has 0 fully saturated rings. The van der Waals surface area contributed by atoms with Crippen LogP contribution < -0.4 is 9.80 Å². The molecule has 224 valence electrons. The van der Waals surface area contributed by atoms with Crippen LogP contribution in [0.5, 0.6) is 0 Å². The molecule has 0 N–H and O–H groups in total. The standard InChI is InChI=1S/C44H38N2/c1-43(2)35-13-5-9-17-39(35)45(40-18-10-6-14-36(40)43)33-27-23-31(24-28-33)21-22-32-25-29-34(30-26-32)46-41-19-11-7-15-37(41)44(3,4)38-16-8-12-20-42(38)46/h5-30H,1-4H3/b22-21+. The monoisotopic (exact) mass is 594 g/mol. The van der Waals surface area contributed by atoms with Crippen LogP contribution in [0.15, 0.2) is 146 Å². The first-order valence-corrected chi connectivity index (χ1v) is 16.2. The van der Waals surface area contributed by atoms with Crippen LogP contribution in [0.2, 0.25) is 0 Å². The first kappa shape index (κ1) is 28.2. The van der Waals surface area contributed by atoms with E-state index in [2.05, 4.69) is 195 Å². The normalized spacial score (nSPS) is 15.6. The van der Waals surface area contributed by atoms with Crippen molar-refractivity contribution in [2.75, 3.05) is 9.80 Å². The van der Waals surface area contributed by atoms with Crippen molar-refractivity contribution in [2.45, 2.75) is 38.5 Å². The average molecular weight is 595 g/mol. The molecule has 0 unspecified atom stereocenters. The lowest BCUT2D eigenvalue weighted by Crippen LogP contribution is -2.30. The lowest BCUT2D eigenvalue weighted by atomic mass is 9.73. The van der Waals surface area contributed by atoms with Crippen molar-refractivity contribution in [3.8, 4) is 0 Å². The van der Waals surface area contributed by atoms with Crippen molar-refractivity contribution < 1.29 is 0 Å². The molecular formula is C44H38N2. The van der Waals surface area contributed by atoms with Crippen LogP contribution in [-0.4, -0.2) is 0 Å². The third-order valence-electron chi connectivity index (χ3n) is 10.0. The van der Waals surface area contributed by atoms with Crippen LogP contribution in [0.1, 0.15) is 61.1 Å². The maximum atomic E-state index is 2.40. The topological polar surface area (TPSA) is 6.48 Å². The Kier molecular flexibility index (Phi) is 6.51. The molecule has 0 aliphatic carbocycles. The van der Waals surface area contributed by atoms with Crippen LogP contribution in [0.3, 0.4) is 0 Å². The van der Waals surface area contributed by atoms with E-state index in [1.54, 1.807) is 0 Å². The van der Waals surface area contributed by atoms with Crippen molar-refractivity contribution >= 4 is 46.3 Å². The van der Waals surface area contributed by atoms with Crippen LogP contribution in [0, 0.1) is 0 Å². The summed E-state index contributed by atoms with van der Waals surface area (Å²) in [7, 11) is 0. The Hall–Kier alpha value is -5.34. The van der Waals surface area contributed by atoms with Crippen LogP contribution in [0.4, 0.5) is 34.1 Å². The zero-order valence-electron chi connectivity index (χ0n) is 26.9. The second-order valence-corrected chi connectivity index (χ2v) is 13.5. The van der Waals surface area contributed by atoms with Crippen molar-refractivity contribution in [3.05, 3.63) is 179 Å². The van der Waals surface area contributed by atoms with Crippen LogP contribution >= 0.6 is 0 Å². The number of fused-ring (bicyclic) bond motifs is 4. The quantitative estimate of drug-likeness (QED) is 0.187. The molecule has 0 amide bonds. The zero-order valence-corrected chi connectivity index (χ0v) is 26.9. The molecule has 6 aromatic rings. The smallest absolute Gasteiger partial charge is 0.0502 e. The van der Waals surface area contributed by atoms with Gasteiger partial charge in [0.25, 0.3) is 0 Å². The average Bonchev–Trinajstić information content (AvgIpc) is 3.09. The Morgan fingerprint density at radius 2 is 0.609 bits per heavy atom. The molecule has 46 heavy (non-hydrogen) atoms. The first-order valence-electron chi connectivity index (χ1n) is 16.2. The summed E-state index contributed by atoms with van der Waals surface area (Å²) >= 11 is 0. The summed E-state index contributed by atoms with van der Waals surface area (Å²) in [4.78, 5) is 4.81. The second kappa shape index (κ2) is 10.6. The van der Waals surface area contributed by atoms with Crippen LogP contribution in [-0.2, 0) is 10.8 Å². The fourth-order valence-electron chi connectivity index (χ4n) is 7.56. The number of anilines is 6. The molecule has 0 bridgehead atoms. The summed E-state index contributed by atoms with van der Waals surface area (Å²) in [5, 5.41) is 0. The molecule has 0 saturated carbocycles. The van der Waals surface area contributed by atoms with Crippen LogP contribution in [0.25, 0.3) is 12.2 Å². The van der Waals surface area contributed by atoms with E-state index in [9.17, 15) is 0 Å². The summed E-state index contributed by atoms with van der Waals surface area (Å²) in [6.07, 6.45) is 4.40. The predicted octanol–water partition coefficient (Wildman–Crippen LogP) is 12.1. The number of benzene rings is 6. The van der Waals surface area contributed by atoms with E-state index in [4.69, 9.17) is 0 Å². The molecule has 2 aliphatic heterocycles. The SMILES string of the molecule is CC1(C)c2ccccc2N(c2ccc(/C=C/c3ccc(N4c5ccccc5C(C)(C)c5ccccc54)cc3)cc2)c2ccccc21. The van der Waals surface area contributed by atoms with Gasteiger partial charge in [0.05, 0.1) is 22.7 Å². The highest BCUT2D eigenvalue weighted by atomic mass is 15.2.